The van der Waals surface area contributed by atoms with Crippen LogP contribution in [0, 0.1) is 11.3 Å². The molecule has 0 aliphatic heterocycles. The van der Waals surface area contributed by atoms with E-state index in [1.807, 2.05) is 12.1 Å². The van der Waals surface area contributed by atoms with Gasteiger partial charge in [-0.25, -0.2) is 0 Å². The molecule has 0 atom stereocenters. The van der Waals surface area contributed by atoms with Crippen LogP contribution >= 0.6 is 0 Å². The molecule has 0 aromatic heterocycles. The van der Waals surface area contributed by atoms with E-state index in [-0.39, 0.29) is 0 Å². The zero-order valence-electron chi connectivity index (χ0n) is 11.7. The lowest BCUT2D eigenvalue weighted by atomic mass is 9.91. The molecule has 1 rings (SSSR count). The zero-order valence-corrected chi connectivity index (χ0v) is 11.7. The number of rotatable bonds is 5. The first kappa shape index (κ1) is 14.3. The van der Waals surface area contributed by atoms with Gasteiger partial charge in [-0.3, -0.25) is 0 Å². The van der Waals surface area contributed by atoms with Crippen molar-refractivity contribution in [1.29, 1.82) is 5.26 Å². The summed E-state index contributed by atoms with van der Waals surface area (Å²) in [5.74, 6) is 1.57. The molecular formula is C16H21NO. The first-order valence-electron chi connectivity index (χ1n) is 6.32. The molecule has 0 amide bonds. The van der Waals surface area contributed by atoms with Crippen molar-refractivity contribution < 1.29 is 4.74 Å². The number of hydrogen-bond acceptors (Lipinski definition) is 2. The molecule has 0 aliphatic carbocycles. The Morgan fingerprint density at radius 1 is 1.22 bits per heavy atom. The second kappa shape index (κ2) is 6.26. The Labute approximate surface area is 110 Å². The monoisotopic (exact) mass is 243 g/mol. The molecule has 1 aromatic rings. The summed E-state index contributed by atoms with van der Waals surface area (Å²) in [6.45, 7) is 12.6. The Hall–Kier alpha value is -1.75. The van der Waals surface area contributed by atoms with Crippen LogP contribution in [0.1, 0.15) is 56.2 Å². The van der Waals surface area contributed by atoms with Crippen molar-refractivity contribution in [1.82, 2.24) is 0 Å². The smallest absolute Gasteiger partial charge is 0.126 e. The highest BCUT2D eigenvalue weighted by atomic mass is 16.5. The third kappa shape index (κ3) is 3.13. The van der Waals surface area contributed by atoms with Crippen LogP contribution in [-0.4, -0.2) is 6.61 Å². The maximum Gasteiger partial charge on any atom is 0.126 e. The van der Waals surface area contributed by atoms with Gasteiger partial charge in [-0.15, -0.1) is 0 Å². The standard InChI is InChI=1S/C16H21NO/c1-6-7-18-16-14(11(2)3)8-13(10-17)9-15(16)12(4)5/h6,8-9,11-12H,1,7H2,2-5H3. The predicted molar refractivity (Wildman–Crippen MR) is 75.0 cm³/mol. The molecule has 0 heterocycles. The highest BCUT2D eigenvalue weighted by molar-refractivity contribution is 5.51. The van der Waals surface area contributed by atoms with Crippen LogP contribution in [0.15, 0.2) is 24.8 Å². The van der Waals surface area contributed by atoms with Gasteiger partial charge in [-0.2, -0.15) is 5.26 Å². The van der Waals surface area contributed by atoms with Crippen molar-refractivity contribution in [2.24, 2.45) is 0 Å². The van der Waals surface area contributed by atoms with Gasteiger partial charge in [0.05, 0.1) is 11.6 Å². The molecule has 1 aromatic carbocycles. The topological polar surface area (TPSA) is 33.0 Å². The number of nitrogens with zero attached hydrogens (tertiary/aromatic N) is 1. The van der Waals surface area contributed by atoms with Crippen LogP contribution in [0.5, 0.6) is 5.75 Å². The van der Waals surface area contributed by atoms with Crippen molar-refractivity contribution in [2.45, 2.75) is 39.5 Å². The zero-order chi connectivity index (χ0) is 13.7. The number of hydrogen-bond donors (Lipinski definition) is 0. The summed E-state index contributed by atoms with van der Waals surface area (Å²) in [7, 11) is 0. The Kier molecular flexibility index (Phi) is 4.97. The first-order valence-corrected chi connectivity index (χ1v) is 6.32. The van der Waals surface area contributed by atoms with E-state index in [0.717, 1.165) is 16.9 Å². The molecule has 0 unspecified atom stereocenters. The third-order valence-electron chi connectivity index (χ3n) is 2.87. The fraction of sp³-hybridized carbons (Fsp3) is 0.438. The van der Waals surface area contributed by atoms with Gasteiger partial charge in [0, 0.05) is 0 Å². The molecular weight excluding hydrogens is 222 g/mol. The number of ether oxygens (including phenoxy) is 1. The van der Waals surface area contributed by atoms with E-state index < -0.39 is 0 Å². The van der Waals surface area contributed by atoms with Gasteiger partial charge < -0.3 is 4.74 Å². The van der Waals surface area contributed by atoms with E-state index in [1.165, 1.54) is 0 Å². The van der Waals surface area contributed by atoms with Crippen molar-refractivity contribution in [2.75, 3.05) is 6.61 Å². The molecule has 0 fully saturated rings. The normalized spacial score (nSPS) is 10.5. The SMILES string of the molecule is C=CCOc1c(C(C)C)cc(C#N)cc1C(C)C. The fourth-order valence-corrected chi connectivity index (χ4v) is 1.91. The highest BCUT2D eigenvalue weighted by Crippen LogP contribution is 2.35. The molecule has 0 bridgehead atoms. The summed E-state index contributed by atoms with van der Waals surface area (Å²) < 4.78 is 5.81. The van der Waals surface area contributed by atoms with Gasteiger partial charge in [0.15, 0.2) is 0 Å². The average molecular weight is 243 g/mol. The minimum Gasteiger partial charge on any atom is -0.489 e. The van der Waals surface area contributed by atoms with Gasteiger partial charge >= 0.3 is 0 Å². The van der Waals surface area contributed by atoms with Gasteiger partial charge in [0.25, 0.3) is 0 Å². The molecule has 2 nitrogen and oxygen atoms in total. The van der Waals surface area contributed by atoms with E-state index in [0.29, 0.717) is 24.0 Å². The minimum absolute atomic E-state index is 0.329. The van der Waals surface area contributed by atoms with E-state index in [4.69, 9.17) is 10.00 Å². The van der Waals surface area contributed by atoms with Crippen molar-refractivity contribution in [3.63, 3.8) is 0 Å². The van der Waals surface area contributed by atoms with Gasteiger partial charge in [-0.05, 0) is 35.1 Å². The summed E-state index contributed by atoms with van der Waals surface area (Å²) in [5, 5.41) is 9.11. The average Bonchev–Trinajstić information content (AvgIpc) is 2.34. The lowest BCUT2D eigenvalue weighted by molar-refractivity contribution is 0.352. The Bertz CT molecular complexity index is 437. The van der Waals surface area contributed by atoms with E-state index in [1.54, 1.807) is 6.08 Å². The van der Waals surface area contributed by atoms with Crippen LogP contribution in [0.2, 0.25) is 0 Å². The number of nitriles is 1. The quantitative estimate of drug-likeness (QED) is 0.719. The second-order valence-corrected chi connectivity index (χ2v) is 5.00. The molecule has 0 saturated carbocycles. The van der Waals surface area contributed by atoms with Crippen LogP contribution in [-0.2, 0) is 0 Å². The number of benzene rings is 1. The van der Waals surface area contributed by atoms with Crippen molar-refractivity contribution >= 4 is 0 Å². The minimum atomic E-state index is 0.329. The molecule has 0 aliphatic rings. The maximum absolute atomic E-state index is 9.11. The second-order valence-electron chi connectivity index (χ2n) is 5.00. The van der Waals surface area contributed by atoms with Crippen molar-refractivity contribution in [3.05, 3.63) is 41.5 Å². The summed E-state index contributed by atoms with van der Waals surface area (Å²) in [6.07, 6.45) is 1.74. The molecule has 0 radical (unpaired) electrons. The van der Waals surface area contributed by atoms with E-state index in [2.05, 4.69) is 40.3 Å². The Morgan fingerprint density at radius 2 is 1.72 bits per heavy atom. The lowest BCUT2D eigenvalue weighted by Gasteiger charge is -2.20. The summed E-state index contributed by atoms with van der Waals surface area (Å²) in [4.78, 5) is 0. The molecule has 0 saturated heterocycles. The highest BCUT2D eigenvalue weighted by Gasteiger charge is 2.16. The first-order chi connectivity index (χ1) is 8.51. The Balaban J connectivity index is 3.40. The summed E-state index contributed by atoms with van der Waals surface area (Å²) in [5.41, 5.74) is 2.90. The molecule has 0 spiro atoms. The van der Waals surface area contributed by atoms with E-state index in [9.17, 15) is 0 Å². The van der Waals surface area contributed by atoms with Crippen LogP contribution in [0.4, 0.5) is 0 Å². The van der Waals surface area contributed by atoms with Crippen LogP contribution < -0.4 is 4.74 Å². The maximum atomic E-state index is 9.11. The van der Waals surface area contributed by atoms with E-state index >= 15 is 0 Å². The Morgan fingerprint density at radius 3 is 2.06 bits per heavy atom. The predicted octanol–water partition coefficient (Wildman–Crippen LogP) is 4.37. The van der Waals surface area contributed by atoms with Crippen LogP contribution in [0.3, 0.4) is 0 Å². The lowest BCUT2D eigenvalue weighted by Crippen LogP contribution is -2.05. The summed E-state index contributed by atoms with van der Waals surface area (Å²) in [6, 6.07) is 6.08. The largest absolute Gasteiger partial charge is 0.489 e. The molecule has 0 N–H and O–H groups in total. The van der Waals surface area contributed by atoms with Crippen LogP contribution in [0.25, 0.3) is 0 Å². The third-order valence-corrected chi connectivity index (χ3v) is 2.87. The molecule has 96 valence electrons. The fourth-order valence-electron chi connectivity index (χ4n) is 1.91. The van der Waals surface area contributed by atoms with Gasteiger partial charge in [0.1, 0.15) is 12.4 Å². The van der Waals surface area contributed by atoms with Gasteiger partial charge in [0.2, 0.25) is 0 Å². The van der Waals surface area contributed by atoms with Crippen molar-refractivity contribution in [3.8, 4) is 11.8 Å². The molecule has 2 heteroatoms. The summed E-state index contributed by atoms with van der Waals surface area (Å²) >= 11 is 0. The van der Waals surface area contributed by atoms with Gasteiger partial charge in [-0.1, -0.05) is 40.3 Å². The molecule has 18 heavy (non-hydrogen) atoms.